The number of amides is 2. The molecule has 0 saturated carbocycles. The summed E-state index contributed by atoms with van der Waals surface area (Å²) in [7, 11) is 6.37. The quantitative estimate of drug-likeness (QED) is 0.486. The molecule has 0 N–H and O–H groups in total. The molecule has 9 heteroatoms. The number of fused-ring (bicyclic) bond motifs is 3. The van der Waals surface area contributed by atoms with Gasteiger partial charge in [0.05, 0.1) is 54.8 Å². The molecule has 3 saturated heterocycles. The van der Waals surface area contributed by atoms with Crippen molar-refractivity contribution in [3.05, 3.63) is 28.2 Å². The molecule has 4 atom stereocenters. The molecule has 5 rings (SSSR count). The Bertz CT molecular complexity index is 1010. The van der Waals surface area contributed by atoms with Gasteiger partial charge in [-0.15, -0.1) is 11.3 Å². The molecule has 5 heterocycles. The molecule has 2 amide bonds. The lowest BCUT2D eigenvalue weighted by Gasteiger charge is -2.28. The fourth-order valence-corrected chi connectivity index (χ4v) is 6.52. The highest BCUT2D eigenvalue weighted by molar-refractivity contribution is 7.19. The van der Waals surface area contributed by atoms with E-state index in [0.717, 1.165) is 47.4 Å². The molecule has 0 aliphatic carbocycles. The highest BCUT2D eigenvalue weighted by atomic mass is 35.5. The molecule has 7 nitrogen and oxygen atoms in total. The number of aromatic nitrogens is 1. The third kappa shape index (κ3) is 3.63. The second kappa shape index (κ2) is 7.69. The van der Waals surface area contributed by atoms with Crippen LogP contribution in [0.5, 0.6) is 0 Å². The summed E-state index contributed by atoms with van der Waals surface area (Å²) in [6.07, 6.45) is 2.81. The Morgan fingerprint density at radius 1 is 1.23 bits per heavy atom. The van der Waals surface area contributed by atoms with Crippen LogP contribution in [0.1, 0.15) is 31.0 Å². The van der Waals surface area contributed by atoms with E-state index in [4.69, 9.17) is 16.1 Å². The first kappa shape index (κ1) is 21.1. The van der Waals surface area contributed by atoms with Crippen LogP contribution in [0.4, 0.5) is 0 Å². The first-order valence-electron chi connectivity index (χ1n) is 10.9. The van der Waals surface area contributed by atoms with Gasteiger partial charge in [-0.25, -0.2) is 0 Å². The van der Waals surface area contributed by atoms with Crippen LogP contribution in [0.15, 0.2) is 22.7 Å². The summed E-state index contributed by atoms with van der Waals surface area (Å²) in [5, 5.41) is 4.35. The summed E-state index contributed by atoms with van der Waals surface area (Å²) in [5.74, 6) is -0.0148. The highest BCUT2D eigenvalue weighted by Crippen LogP contribution is 2.53. The maximum Gasteiger partial charge on any atom is 0.235 e. The summed E-state index contributed by atoms with van der Waals surface area (Å²) in [4.78, 5) is 31.5. The third-order valence-electron chi connectivity index (χ3n) is 6.80. The van der Waals surface area contributed by atoms with Crippen LogP contribution in [0.2, 0.25) is 4.34 Å². The van der Waals surface area contributed by atoms with Gasteiger partial charge in [0.25, 0.3) is 0 Å². The van der Waals surface area contributed by atoms with Crippen molar-refractivity contribution in [2.24, 2.45) is 11.8 Å². The number of hydrogen-bond acceptors (Lipinski definition) is 6. The van der Waals surface area contributed by atoms with E-state index in [1.165, 1.54) is 16.2 Å². The van der Waals surface area contributed by atoms with Gasteiger partial charge in [-0.05, 0) is 31.5 Å². The number of likely N-dealkylation sites (tertiary alicyclic amines) is 1. The first-order chi connectivity index (χ1) is 14.7. The number of halogens is 1. The maximum absolute atomic E-state index is 13.4. The summed E-state index contributed by atoms with van der Waals surface area (Å²) >= 11 is 7.51. The zero-order valence-electron chi connectivity index (χ0n) is 18.1. The van der Waals surface area contributed by atoms with Crippen molar-refractivity contribution in [2.45, 2.75) is 31.3 Å². The van der Waals surface area contributed by atoms with Gasteiger partial charge in [0.1, 0.15) is 5.69 Å². The Balaban J connectivity index is 1.42. The molecule has 3 fully saturated rings. The van der Waals surface area contributed by atoms with Gasteiger partial charge >= 0.3 is 0 Å². The van der Waals surface area contributed by atoms with E-state index in [0.29, 0.717) is 16.6 Å². The van der Waals surface area contributed by atoms with E-state index in [2.05, 4.69) is 31.2 Å². The highest BCUT2D eigenvalue weighted by Gasteiger charge is 2.63. The van der Waals surface area contributed by atoms with Crippen molar-refractivity contribution in [1.29, 1.82) is 0 Å². The average molecular weight is 464 g/mol. The van der Waals surface area contributed by atoms with Crippen molar-refractivity contribution >= 4 is 34.8 Å². The van der Waals surface area contributed by atoms with Gasteiger partial charge in [0, 0.05) is 25.1 Å². The summed E-state index contributed by atoms with van der Waals surface area (Å²) < 4.78 is 7.13. The van der Waals surface area contributed by atoms with Gasteiger partial charge in [-0.3, -0.25) is 19.4 Å². The molecule has 3 aliphatic heterocycles. The molecular formula is C22H28ClN4O3S+. The van der Waals surface area contributed by atoms with Crippen molar-refractivity contribution < 1.29 is 18.6 Å². The normalized spacial score (nSPS) is 28.6. The number of rotatable bonds is 6. The molecule has 2 aromatic rings. The van der Waals surface area contributed by atoms with Crippen LogP contribution in [0.25, 0.3) is 10.6 Å². The smallest absolute Gasteiger partial charge is 0.235 e. The Morgan fingerprint density at radius 3 is 2.71 bits per heavy atom. The SMILES string of the molecule is C[N+](C)(C)CCCN1C(=O)[C@@H]2[C@H](C1=O)[C@H](c1cc(-c3ccc(Cl)s3)on1)N1CCC[C@@H]21. The number of quaternary nitrogens is 1. The number of imide groups is 1. The average Bonchev–Trinajstić information content (AvgIpc) is 3.47. The van der Waals surface area contributed by atoms with E-state index >= 15 is 0 Å². The van der Waals surface area contributed by atoms with Gasteiger partial charge in [-0.2, -0.15) is 0 Å². The van der Waals surface area contributed by atoms with E-state index < -0.39 is 0 Å². The minimum absolute atomic E-state index is 0.00423. The van der Waals surface area contributed by atoms with Crippen LogP contribution in [-0.4, -0.2) is 78.1 Å². The van der Waals surface area contributed by atoms with E-state index in [9.17, 15) is 9.59 Å². The predicted octanol–water partition coefficient (Wildman–Crippen LogP) is 3.27. The minimum atomic E-state index is -0.369. The van der Waals surface area contributed by atoms with Gasteiger partial charge in [-0.1, -0.05) is 16.8 Å². The Morgan fingerprint density at radius 2 is 2.00 bits per heavy atom. The van der Waals surface area contributed by atoms with Gasteiger partial charge in [0.2, 0.25) is 11.8 Å². The number of thiophene rings is 1. The fourth-order valence-electron chi connectivity index (χ4n) is 5.53. The largest absolute Gasteiger partial charge is 0.355 e. The lowest BCUT2D eigenvalue weighted by atomic mass is 9.86. The molecule has 2 aromatic heterocycles. The first-order valence-corrected chi connectivity index (χ1v) is 12.1. The van der Waals surface area contributed by atoms with Crippen molar-refractivity contribution in [3.8, 4) is 10.6 Å². The minimum Gasteiger partial charge on any atom is -0.355 e. The predicted molar refractivity (Wildman–Crippen MR) is 119 cm³/mol. The zero-order valence-corrected chi connectivity index (χ0v) is 19.7. The van der Waals surface area contributed by atoms with Gasteiger partial charge in [0.15, 0.2) is 5.76 Å². The molecule has 166 valence electrons. The summed E-state index contributed by atoms with van der Waals surface area (Å²) in [6, 6.07) is 5.57. The monoisotopic (exact) mass is 463 g/mol. The van der Waals surface area contributed by atoms with E-state index in [-0.39, 0.29) is 35.7 Å². The number of carbonyl (C=O) groups excluding carboxylic acids is 2. The second-order valence-electron chi connectivity index (χ2n) is 9.86. The lowest BCUT2D eigenvalue weighted by molar-refractivity contribution is -0.870. The van der Waals surface area contributed by atoms with Crippen molar-refractivity contribution in [1.82, 2.24) is 15.0 Å². The third-order valence-corrected chi connectivity index (χ3v) is 8.05. The van der Waals surface area contributed by atoms with Crippen LogP contribution >= 0.6 is 22.9 Å². The Labute approximate surface area is 191 Å². The van der Waals surface area contributed by atoms with Gasteiger partial charge < -0.3 is 9.01 Å². The summed E-state index contributed by atoms with van der Waals surface area (Å²) in [5.41, 5.74) is 0.744. The molecule has 3 aliphatic rings. The van der Waals surface area contributed by atoms with Crippen molar-refractivity contribution in [3.63, 3.8) is 0 Å². The molecule has 0 spiro atoms. The fraction of sp³-hybridized carbons (Fsp3) is 0.591. The standard InChI is InChI=1S/C22H28ClN4O3S/c1-27(2,3)11-5-10-26-21(28)18-14-6-4-9-25(14)20(19(18)22(26)29)13-12-15(30-24-13)16-7-8-17(23)31-16/h7-8,12,14,18-20H,4-6,9-11H2,1-3H3/q+1/t14-,18-,19-,20-/m0/s1. The molecule has 0 bridgehead atoms. The number of hydrogen-bond donors (Lipinski definition) is 0. The molecule has 0 unspecified atom stereocenters. The zero-order chi connectivity index (χ0) is 21.9. The van der Waals surface area contributed by atoms with Crippen LogP contribution in [-0.2, 0) is 9.59 Å². The molecule has 0 aromatic carbocycles. The van der Waals surface area contributed by atoms with Crippen molar-refractivity contribution in [2.75, 3.05) is 40.8 Å². The lowest BCUT2D eigenvalue weighted by Crippen LogP contribution is -2.42. The van der Waals surface area contributed by atoms with Crippen LogP contribution < -0.4 is 0 Å². The topological polar surface area (TPSA) is 66.7 Å². The molecule has 0 radical (unpaired) electrons. The number of carbonyl (C=O) groups is 2. The second-order valence-corrected chi connectivity index (χ2v) is 11.6. The van der Waals surface area contributed by atoms with E-state index in [1.54, 1.807) is 0 Å². The number of nitrogens with zero attached hydrogens (tertiary/aromatic N) is 4. The van der Waals surface area contributed by atoms with E-state index in [1.807, 2.05) is 18.2 Å². The Kier molecular flexibility index (Phi) is 5.24. The maximum atomic E-state index is 13.4. The molecular weight excluding hydrogens is 436 g/mol. The van der Waals surface area contributed by atoms with Crippen LogP contribution in [0.3, 0.4) is 0 Å². The Hall–Kier alpha value is -1.74. The summed E-state index contributed by atoms with van der Waals surface area (Å²) in [6.45, 7) is 2.30. The van der Waals surface area contributed by atoms with Crippen LogP contribution in [0, 0.1) is 11.8 Å². The molecule has 31 heavy (non-hydrogen) atoms.